The second-order valence-electron chi connectivity index (χ2n) is 6.28. The van der Waals surface area contributed by atoms with Gasteiger partial charge in [0.15, 0.2) is 0 Å². The van der Waals surface area contributed by atoms with E-state index < -0.39 is 0 Å². The molecule has 3 N–H and O–H groups in total. The third-order valence-electron chi connectivity index (χ3n) is 4.48. The van der Waals surface area contributed by atoms with Crippen molar-refractivity contribution in [3.8, 4) is 0 Å². The monoisotopic (exact) mass is 289 g/mol. The van der Waals surface area contributed by atoms with Crippen molar-refractivity contribution in [1.82, 2.24) is 4.90 Å². The molecule has 0 aliphatic heterocycles. The van der Waals surface area contributed by atoms with Gasteiger partial charge in [0.1, 0.15) is 0 Å². The summed E-state index contributed by atoms with van der Waals surface area (Å²) in [6.45, 7) is 3.29. The van der Waals surface area contributed by atoms with Crippen molar-refractivity contribution in [2.24, 2.45) is 11.7 Å². The number of nitrogens with two attached hydrogens (primary N) is 1. The zero-order valence-corrected chi connectivity index (χ0v) is 13.1. The fourth-order valence-electron chi connectivity index (χ4n) is 2.96. The Labute approximate surface area is 127 Å². The molecule has 1 saturated carbocycles. The predicted octanol–water partition coefficient (Wildman–Crippen LogP) is 2.59. The van der Waals surface area contributed by atoms with Gasteiger partial charge in [0, 0.05) is 18.3 Å². The second kappa shape index (κ2) is 7.57. The number of anilines is 1. The predicted molar refractivity (Wildman–Crippen MR) is 87.0 cm³/mol. The Balaban J connectivity index is 1.80. The van der Waals surface area contributed by atoms with E-state index in [-0.39, 0.29) is 5.91 Å². The van der Waals surface area contributed by atoms with Crippen LogP contribution in [0, 0.1) is 5.92 Å². The number of hydrogen-bond donors (Lipinski definition) is 2. The van der Waals surface area contributed by atoms with Crippen LogP contribution in [0.2, 0.25) is 0 Å². The molecule has 1 fully saturated rings. The molecule has 0 radical (unpaired) electrons. The van der Waals surface area contributed by atoms with Crippen LogP contribution in [0.1, 0.15) is 38.2 Å². The van der Waals surface area contributed by atoms with E-state index in [2.05, 4.69) is 24.2 Å². The Kier molecular flexibility index (Phi) is 5.76. The smallest absolute Gasteiger partial charge is 0.238 e. The number of hydrogen-bond acceptors (Lipinski definition) is 3. The second-order valence-corrected chi connectivity index (χ2v) is 6.28. The van der Waals surface area contributed by atoms with Crippen molar-refractivity contribution in [1.29, 1.82) is 0 Å². The maximum absolute atomic E-state index is 12.1. The minimum Gasteiger partial charge on any atom is -0.326 e. The summed E-state index contributed by atoms with van der Waals surface area (Å²) in [7, 11) is 2.05. The summed E-state index contributed by atoms with van der Waals surface area (Å²) >= 11 is 0. The molecule has 0 heterocycles. The molecule has 0 spiro atoms. The van der Waals surface area contributed by atoms with E-state index in [1.54, 1.807) is 0 Å². The van der Waals surface area contributed by atoms with E-state index in [1.807, 2.05) is 24.3 Å². The lowest BCUT2D eigenvalue weighted by Crippen LogP contribution is -2.39. The lowest BCUT2D eigenvalue weighted by molar-refractivity contribution is -0.117. The number of likely N-dealkylation sites (N-methyl/N-ethyl adjacent to an activating group) is 1. The van der Waals surface area contributed by atoms with E-state index in [0.717, 1.165) is 17.2 Å². The van der Waals surface area contributed by atoms with Gasteiger partial charge in [0.2, 0.25) is 5.91 Å². The zero-order valence-electron chi connectivity index (χ0n) is 13.1. The molecular weight excluding hydrogens is 262 g/mol. The lowest BCUT2D eigenvalue weighted by Gasteiger charge is -2.33. The summed E-state index contributed by atoms with van der Waals surface area (Å²) in [5.74, 6) is 0.890. The van der Waals surface area contributed by atoms with Crippen LogP contribution in [0.4, 0.5) is 5.69 Å². The molecule has 0 bridgehead atoms. The van der Waals surface area contributed by atoms with Gasteiger partial charge in [0.05, 0.1) is 6.54 Å². The minimum atomic E-state index is 0.0524. The summed E-state index contributed by atoms with van der Waals surface area (Å²) in [5, 5.41) is 2.95. The molecule has 0 atom stereocenters. The third-order valence-corrected chi connectivity index (χ3v) is 4.48. The molecule has 116 valence electrons. The van der Waals surface area contributed by atoms with Crippen molar-refractivity contribution >= 4 is 11.6 Å². The molecule has 1 aliphatic rings. The fourth-order valence-corrected chi connectivity index (χ4v) is 2.96. The van der Waals surface area contributed by atoms with Gasteiger partial charge in [-0.15, -0.1) is 0 Å². The van der Waals surface area contributed by atoms with Gasteiger partial charge < -0.3 is 11.1 Å². The number of amides is 1. The fraction of sp³-hybridized carbons (Fsp3) is 0.588. The van der Waals surface area contributed by atoms with E-state index in [9.17, 15) is 4.79 Å². The number of carbonyl (C=O) groups is 1. The van der Waals surface area contributed by atoms with Crippen molar-refractivity contribution in [2.45, 2.75) is 45.2 Å². The molecular formula is C17H27N3O. The Bertz CT molecular complexity index is 450. The van der Waals surface area contributed by atoms with Gasteiger partial charge in [-0.3, -0.25) is 9.69 Å². The highest BCUT2D eigenvalue weighted by Crippen LogP contribution is 2.26. The molecule has 21 heavy (non-hydrogen) atoms. The Morgan fingerprint density at radius 1 is 1.24 bits per heavy atom. The molecule has 1 aromatic rings. The SMILES string of the molecule is CC1CCC(N(C)CC(=O)Nc2ccc(CN)cc2)CC1. The third kappa shape index (κ3) is 4.83. The highest BCUT2D eigenvalue weighted by atomic mass is 16.2. The van der Waals surface area contributed by atoms with E-state index in [4.69, 9.17) is 5.73 Å². The molecule has 2 rings (SSSR count). The molecule has 0 saturated heterocycles. The van der Waals surface area contributed by atoms with Crippen LogP contribution in [0.25, 0.3) is 0 Å². The Hall–Kier alpha value is -1.39. The van der Waals surface area contributed by atoms with Crippen molar-refractivity contribution in [3.63, 3.8) is 0 Å². The van der Waals surface area contributed by atoms with Crippen molar-refractivity contribution in [3.05, 3.63) is 29.8 Å². The summed E-state index contributed by atoms with van der Waals surface area (Å²) in [6, 6.07) is 8.25. The molecule has 1 amide bonds. The number of rotatable bonds is 5. The highest BCUT2D eigenvalue weighted by molar-refractivity contribution is 5.92. The molecule has 4 nitrogen and oxygen atoms in total. The Morgan fingerprint density at radius 2 is 1.86 bits per heavy atom. The van der Waals surface area contributed by atoms with Crippen molar-refractivity contribution < 1.29 is 4.79 Å². The van der Waals surface area contributed by atoms with Crippen LogP contribution in [-0.2, 0) is 11.3 Å². The van der Waals surface area contributed by atoms with Crippen LogP contribution in [0.15, 0.2) is 24.3 Å². The summed E-state index contributed by atoms with van der Waals surface area (Å²) in [4.78, 5) is 14.3. The summed E-state index contributed by atoms with van der Waals surface area (Å²) in [5.41, 5.74) is 7.47. The average Bonchev–Trinajstić information content (AvgIpc) is 2.48. The van der Waals surface area contributed by atoms with Gasteiger partial charge in [-0.1, -0.05) is 19.1 Å². The van der Waals surface area contributed by atoms with Gasteiger partial charge >= 0.3 is 0 Å². The van der Waals surface area contributed by atoms with E-state index in [0.29, 0.717) is 19.1 Å². The molecule has 1 aliphatic carbocycles. The number of carbonyl (C=O) groups excluding carboxylic acids is 1. The standard InChI is InChI=1S/C17H27N3O/c1-13-3-9-16(10-4-13)20(2)12-17(21)19-15-7-5-14(11-18)6-8-15/h5-8,13,16H,3-4,9-12,18H2,1-2H3,(H,19,21). The number of nitrogens with zero attached hydrogens (tertiary/aromatic N) is 1. The highest BCUT2D eigenvalue weighted by Gasteiger charge is 2.22. The van der Waals surface area contributed by atoms with Gasteiger partial charge in [-0.05, 0) is 56.3 Å². The summed E-state index contributed by atoms with van der Waals surface area (Å²) < 4.78 is 0. The van der Waals surface area contributed by atoms with Crippen LogP contribution >= 0.6 is 0 Å². The van der Waals surface area contributed by atoms with E-state index in [1.165, 1.54) is 25.7 Å². The molecule has 0 aromatic heterocycles. The normalized spacial score (nSPS) is 22.3. The minimum absolute atomic E-state index is 0.0524. The first-order valence-corrected chi connectivity index (χ1v) is 7.87. The molecule has 1 aromatic carbocycles. The first-order chi connectivity index (χ1) is 10.1. The quantitative estimate of drug-likeness (QED) is 0.876. The maximum atomic E-state index is 12.1. The van der Waals surface area contributed by atoms with Crippen LogP contribution in [-0.4, -0.2) is 30.4 Å². The van der Waals surface area contributed by atoms with Gasteiger partial charge in [-0.2, -0.15) is 0 Å². The first-order valence-electron chi connectivity index (χ1n) is 7.87. The largest absolute Gasteiger partial charge is 0.326 e. The van der Waals surface area contributed by atoms with Crippen LogP contribution < -0.4 is 11.1 Å². The van der Waals surface area contributed by atoms with Crippen LogP contribution in [0.5, 0.6) is 0 Å². The van der Waals surface area contributed by atoms with Gasteiger partial charge in [0.25, 0.3) is 0 Å². The van der Waals surface area contributed by atoms with Crippen molar-refractivity contribution in [2.75, 3.05) is 18.9 Å². The van der Waals surface area contributed by atoms with Gasteiger partial charge in [-0.25, -0.2) is 0 Å². The van der Waals surface area contributed by atoms with E-state index >= 15 is 0 Å². The van der Waals surface area contributed by atoms with Crippen LogP contribution in [0.3, 0.4) is 0 Å². The summed E-state index contributed by atoms with van der Waals surface area (Å²) in [6.07, 6.45) is 4.96. The molecule has 4 heteroatoms. The number of nitrogens with one attached hydrogen (secondary N) is 1. The average molecular weight is 289 g/mol. The first kappa shape index (κ1) is 16.0. The lowest BCUT2D eigenvalue weighted by atomic mass is 9.87. The zero-order chi connectivity index (χ0) is 15.2. The maximum Gasteiger partial charge on any atom is 0.238 e. The topological polar surface area (TPSA) is 58.4 Å². The molecule has 0 unspecified atom stereocenters. The Morgan fingerprint density at radius 3 is 2.43 bits per heavy atom. The number of benzene rings is 1.